The predicted molar refractivity (Wildman–Crippen MR) is 240 cm³/mol. The summed E-state index contributed by atoms with van der Waals surface area (Å²) in [5.74, 6) is 0.547. The molecule has 2 heteroatoms. The van der Waals surface area contributed by atoms with Crippen LogP contribution in [0.3, 0.4) is 0 Å². The van der Waals surface area contributed by atoms with Gasteiger partial charge in [0.05, 0.1) is 0 Å². The Morgan fingerprint density at radius 1 is 0.357 bits per heavy atom. The quantitative estimate of drug-likeness (QED) is 0.142. The molecule has 10 rings (SSSR count). The summed E-state index contributed by atoms with van der Waals surface area (Å²) in [5, 5.41) is 7.62. The van der Waals surface area contributed by atoms with Gasteiger partial charge in [0.2, 0.25) is 0 Å². The molecule has 0 aliphatic carbocycles. The summed E-state index contributed by atoms with van der Waals surface area (Å²) in [7, 11) is 0. The van der Waals surface area contributed by atoms with Crippen LogP contribution in [0.15, 0.2) is 200 Å². The summed E-state index contributed by atoms with van der Waals surface area (Å²) in [6.07, 6.45) is 0. The molecule has 0 atom stereocenters. The third kappa shape index (κ3) is 5.82. The highest BCUT2D eigenvalue weighted by molar-refractivity contribution is 6.22. The molecule has 1 heterocycles. The van der Waals surface area contributed by atoms with Gasteiger partial charge in [0.15, 0.2) is 0 Å². The van der Waals surface area contributed by atoms with E-state index in [9.17, 15) is 0 Å². The molecule has 268 valence electrons. The van der Waals surface area contributed by atoms with Crippen LogP contribution in [0.2, 0.25) is 0 Å². The fraction of sp³-hybridized carbons (Fsp3) is 0.0741. The summed E-state index contributed by atoms with van der Waals surface area (Å²) < 4.78 is 2.49. The zero-order valence-corrected chi connectivity index (χ0v) is 31.7. The van der Waals surface area contributed by atoms with Gasteiger partial charge < -0.3 is 9.47 Å². The molecule has 0 aliphatic rings. The van der Waals surface area contributed by atoms with Crippen LogP contribution >= 0.6 is 0 Å². The Kier molecular flexibility index (Phi) is 8.45. The number of aromatic nitrogens is 1. The Balaban J connectivity index is 1.12. The molecule has 1 aromatic heterocycles. The minimum absolute atomic E-state index is 0.547. The standard InChI is InChI=1S/C54H42N2/c1-37(2)36-55-51-25-15-14-22-45(51)49-35-44(31-33-52(49)55)56(42-20-10-5-11-21-42)43-29-26-38(27-30-43)41-28-32-48-50(34-41)54(40-18-8-4-9-19-40)47-24-13-12-23-46(47)53(48)39-16-6-3-7-17-39/h3-35,37H,36H2,1-2H3. The summed E-state index contributed by atoms with van der Waals surface area (Å²) in [6.45, 7) is 5.57. The lowest BCUT2D eigenvalue weighted by Gasteiger charge is -2.26. The van der Waals surface area contributed by atoms with E-state index in [4.69, 9.17) is 0 Å². The van der Waals surface area contributed by atoms with Crippen molar-refractivity contribution < 1.29 is 0 Å². The van der Waals surface area contributed by atoms with Crippen LogP contribution in [0.4, 0.5) is 17.1 Å². The average Bonchev–Trinajstić information content (AvgIpc) is 3.55. The second-order valence-electron chi connectivity index (χ2n) is 15.2. The van der Waals surface area contributed by atoms with Crippen LogP contribution < -0.4 is 4.90 Å². The fourth-order valence-electron chi connectivity index (χ4n) is 8.76. The SMILES string of the molecule is CC(C)Cn1c2ccccc2c2cc(N(c3ccccc3)c3ccc(-c4ccc5c(-c6ccccc6)c6ccccc6c(-c6ccccc6)c5c4)cc3)ccc21. The van der Waals surface area contributed by atoms with Crippen molar-refractivity contribution in [1.82, 2.24) is 4.57 Å². The lowest BCUT2D eigenvalue weighted by molar-refractivity contribution is 0.545. The maximum atomic E-state index is 2.49. The molecular weight excluding hydrogens is 677 g/mol. The van der Waals surface area contributed by atoms with Gasteiger partial charge in [0, 0.05) is 45.4 Å². The van der Waals surface area contributed by atoms with Crippen LogP contribution in [0, 0.1) is 5.92 Å². The maximum Gasteiger partial charge on any atom is 0.0492 e. The van der Waals surface area contributed by atoms with Gasteiger partial charge in [-0.3, -0.25) is 0 Å². The van der Waals surface area contributed by atoms with E-state index in [1.165, 1.54) is 76.7 Å². The Morgan fingerprint density at radius 3 is 1.48 bits per heavy atom. The first-order valence-electron chi connectivity index (χ1n) is 19.7. The molecule has 0 radical (unpaired) electrons. The normalized spacial score (nSPS) is 11.6. The number of para-hydroxylation sites is 2. The zero-order valence-electron chi connectivity index (χ0n) is 31.7. The van der Waals surface area contributed by atoms with Gasteiger partial charge >= 0.3 is 0 Å². The molecule has 0 amide bonds. The number of fused-ring (bicyclic) bond motifs is 5. The number of anilines is 3. The van der Waals surface area contributed by atoms with E-state index < -0.39 is 0 Å². The molecule has 2 nitrogen and oxygen atoms in total. The first-order chi connectivity index (χ1) is 27.6. The van der Waals surface area contributed by atoms with Crippen LogP contribution in [0.5, 0.6) is 0 Å². The van der Waals surface area contributed by atoms with Gasteiger partial charge in [0.1, 0.15) is 0 Å². The van der Waals surface area contributed by atoms with Gasteiger partial charge in [0.25, 0.3) is 0 Å². The van der Waals surface area contributed by atoms with Gasteiger partial charge in [-0.25, -0.2) is 0 Å². The smallest absolute Gasteiger partial charge is 0.0492 e. The van der Waals surface area contributed by atoms with Crippen LogP contribution in [-0.2, 0) is 6.54 Å². The Morgan fingerprint density at radius 2 is 0.839 bits per heavy atom. The van der Waals surface area contributed by atoms with Crippen molar-refractivity contribution in [2.75, 3.05) is 4.90 Å². The third-order valence-electron chi connectivity index (χ3n) is 11.2. The van der Waals surface area contributed by atoms with Crippen molar-refractivity contribution in [3.63, 3.8) is 0 Å². The Bertz CT molecular complexity index is 3000. The lowest BCUT2D eigenvalue weighted by atomic mass is 9.85. The van der Waals surface area contributed by atoms with Crippen molar-refractivity contribution in [1.29, 1.82) is 0 Å². The average molecular weight is 719 g/mol. The predicted octanol–water partition coefficient (Wildman–Crippen LogP) is 15.2. The minimum Gasteiger partial charge on any atom is -0.340 e. The van der Waals surface area contributed by atoms with Crippen molar-refractivity contribution in [2.45, 2.75) is 20.4 Å². The van der Waals surface area contributed by atoms with Crippen molar-refractivity contribution in [3.8, 4) is 33.4 Å². The zero-order chi connectivity index (χ0) is 37.6. The van der Waals surface area contributed by atoms with Crippen molar-refractivity contribution in [3.05, 3.63) is 200 Å². The second kappa shape index (κ2) is 14.1. The maximum absolute atomic E-state index is 2.49. The van der Waals surface area contributed by atoms with E-state index in [1.807, 2.05) is 0 Å². The third-order valence-corrected chi connectivity index (χ3v) is 11.2. The molecule has 0 unspecified atom stereocenters. The second-order valence-corrected chi connectivity index (χ2v) is 15.2. The monoisotopic (exact) mass is 718 g/mol. The summed E-state index contributed by atoms with van der Waals surface area (Å²) >= 11 is 0. The summed E-state index contributed by atoms with van der Waals surface area (Å²) in [5.41, 5.74) is 13.3. The van der Waals surface area contributed by atoms with Gasteiger partial charge in [-0.2, -0.15) is 0 Å². The van der Waals surface area contributed by atoms with Crippen LogP contribution in [0.25, 0.3) is 76.7 Å². The Labute approximate surface area is 328 Å². The number of hydrogen-bond donors (Lipinski definition) is 0. The van der Waals surface area contributed by atoms with E-state index in [1.54, 1.807) is 0 Å². The van der Waals surface area contributed by atoms with E-state index in [-0.39, 0.29) is 0 Å². The molecule has 0 aliphatic heterocycles. The van der Waals surface area contributed by atoms with Gasteiger partial charge in [-0.1, -0.05) is 159 Å². The topological polar surface area (TPSA) is 8.17 Å². The molecule has 56 heavy (non-hydrogen) atoms. The highest BCUT2D eigenvalue weighted by Crippen LogP contribution is 2.45. The van der Waals surface area contributed by atoms with Gasteiger partial charge in [-0.15, -0.1) is 0 Å². The highest BCUT2D eigenvalue weighted by atomic mass is 15.1. The van der Waals surface area contributed by atoms with E-state index in [2.05, 4.69) is 224 Å². The van der Waals surface area contributed by atoms with Crippen molar-refractivity contribution in [2.24, 2.45) is 5.92 Å². The molecule has 0 bridgehead atoms. The number of rotatable bonds is 8. The molecular formula is C54H42N2. The molecule has 9 aromatic carbocycles. The molecule has 0 spiro atoms. The largest absolute Gasteiger partial charge is 0.340 e. The van der Waals surface area contributed by atoms with Crippen LogP contribution in [0.1, 0.15) is 13.8 Å². The number of hydrogen-bond acceptors (Lipinski definition) is 1. The summed E-state index contributed by atoms with van der Waals surface area (Å²) in [6, 6.07) is 73.2. The first kappa shape index (κ1) is 33.7. The molecule has 0 fully saturated rings. The fourth-order valence-corrected chi connectivity index (χ4v) is 8.76. The highest BCUT2D eigenvalue weighted by Gasteiger charge is 2.19. The minimum atomic E-state index is 0.547. The van der Waals surface area contributed by atoms with Crippen molar-refractivity contribution >= 4 is 60.4 Å². The number of nitrogens with zero attached hydrogens (tertiary/aromatic N) is 2. The van der Waals surface area contributed by atoms with E-state index in [0.717, 1.165) is 23.6 Å². The number of benzene rings is 9. The van der Waals surface area contributed by atoms with Gasteiger partial charge in [-0.05, 0) is 115 Å². The Hall–Kier alpha value is -6.90. The first-order valence-corrected chi connectivity index (χ1v) is 19.7. The molecule has 0 N–H and O–H groups in total. The lowest BCUT2D eigenvalue weighted by Crippen LogP contribution is -2.10. The summed E-state index contributed by atoms with van der Waals surface area (Å²) in [4.78, 5) is 2.38. The van der Waals surface area contributed by atoms with E-state index in [0.29, 0.717) is 5.92 Å². The van der Waals surface area contributed by atoms with Crippen LogP contribution in [-0.4, -0.2) is 4.57 Å². The molecule has 0 saturated heterocycles. The molecule has 0 saturated carbocycles. The molecule has 10 aromatic rings. The van der Waals surface area contributed by atoms with E-state index >= 15 is 0 Å².